The van der Waals surface area contributed by atoms with Crippen molar-refractivity contribution in [1.29, 1.82) is 0 Å². The Hall–Kier alpha value is -2.01. The average Bonchev–Trinajstić information content (AvgIpc) is 3.55. The molecule has 1 aliphatic heterocycles. The van der Waals surface area contributed by atoms with Crippen LogP contribution >= 0.6 is 39.0 Å². The number of halogens is 1. The van der Waals surface area contributed by atoms with Gasteiger partial charge in [0.2, 0.25) is 11.8 Å². The third-order valence-electron chi connectivity index (χ3n) is 4.75. The molecule has 4 aromatic rings. The van der Waals surface area contributed by atoms with Crippen molar-refractivity contribution in [2.45, 2.75) is 36.4 Å². The first-order chi connectivity index (χ1) is 14.8. The van der Waals surface area contributed by atoms with Crippen LogP contribution in [0.25, 0.3) is 22.2 Å². The molecule has 1 aromatic carbocycles. The van der Waals surface area contributed by atoms with E-state index >= 15 is 0 Å². The molecule has 1 aliphatic rings. The van der Waals surface area contributed by atoms with Crippen LogP contribution < -0.4 is 0 Å². The Morgan fingerprint density at radius 3 is 2.80 bits per heavy atom. The minimum atomic E-state index is 0.200. The molecule has 1 fully saturated rings. The minimum Gasteiger partial charge on any atom is -0.420 e. The van der Waals surface area contributed by atoms with Gasteiger partial charge in [-0.2, -0.15) is 0 Å². The second-order valence-corrected chi connectivity index (χ2v) is 9.63. The summed E-state index contributed by atoms with van der Waals surface area (Å²) in [6.07, 6.45) is 2.36. The van der Waals surface area contributed by atoms with Crippen LogP contribution in [0.4, 0.5) is 0 Å². The molecule has 0 unspecified atom stereocenters. The second-order valence-electron chi connectivity index (χ2n) is 6.83. The predicted octanol–water partition coefficient (Wildman–Crippen LogP) is 5.29. The molecule has 0 saturated carbocycles. The highest BCUT2D eigenvalue weighted by Crippen LogP contribution is 2.31. The predicted molar refractivity (Wildman–Crippen MR) is 119 cm³/mol. The van der Waals surface area contributed by atoms with Crippen LogP contribution in [0.5, 0.6) is 0 Å². The molecule has 10 heteroatoms. The highest BCUT2D eigenvalue weighted by Gasteiger charge is 2.22. The third kappa shape index (κ3) is 4.36. The molecule has 154 valence electrons. The smallest absolute Gasteiger partial charge is 0.247 e. The maximum Gasteiger partial charge on any atom is 0.247 e. The lowest BCUT2D eigenvalue weighted by Gasteiger charge is -2.13. The number of thioether (sulfide) groups is 1. The van der Waals surface area contributed by atoms with Crippen molar-refractivity contribution in [1.82, 2.24) is 25.0 Å². The first-order valence-corrected chi connectivity index (χ1v) is 12.2. The zero-order valence-corrected chi connectivity index (χ0v) is 19.1. The van der Waals surface area contributed by atoms with Gasteiger partial charge >= 0.3 is 0 Å². The summed E-state index contributed by atoms with van der Waals surface area (Å²) < 4.78 is 14.9. The highest BCUT2D eigenvalue weighted by atomic mass is 79.9. The first-order valence-electron chi connectivity index (χ1n) is 9.56. The molecule has 0 bridgehead atoms. The fourth-order valence-corrected chi connectivity index (χ4v) is 5.05. The molecule has 0 spiro atoms. The van der Waals surface area contributed by atoms with E-state index < -0.39 is 0 Å². The Labute approximate surface area is 190 Å². The van der Waals surface area contributed by atoms with E-state index in [0.717, 1.165) is 51.9 Å². The number of rotatable bonds is 7. The van der Waals surface area contributed by atoms with Crippen LogP contribution in [-0.2, 0) is 17.0 Å². The lowest BCUT2D eigenvalue weighted by molar-refractivity contribution is 0.0953. The molecule has 0 N–H and O–H groups in total. The van der Waals surface area contributed by atoms with E-state index in [1.54, 1.807) is 23.1 Å². The van der Waals surface area contributed by atoms with Crippen molar-refractivity contribution in [2.24, 2.45) is 0 Å². The minimum absolute atomic E-state index is 0.200. The molecule has 0 radical (unpaired) electrons. The number of hydrogen-bond acceptors (Lipinski definition) is 8. The van der Waals surface area contributed by atoms with Gasteiger partial charge in [0, 0.05) is 16.6 Å². The van der Waals surface area contributed by atoms with Gasteiger partial charge in [-0.1, -0.05) is 33.8 Å². The molecular formula is C20H18BrN5O2S2. The van der Waals surface area contributed by atoms with Crippen LogP contribution in [0.3, 0.4) is 0 Å². The zero-order valence-electron chi connectivity index (χ0n) is 15.9. The molecule has 4 heterocycles. The maximum absolute atomic E-state index is 5.85. The SMILES string of the molecule is Brc1ccc(-c2nnc(CSc3nnc(-c4cccs4)n3C[C@@H]3CCCO3)o2)cc1. The summed E-state index contributed by atoms with van der Waals surface area (Å²) in [5, 5.41) is 20.1. The number of nitrogens with zero attached hydrogens (tertiary/aromatic N) is 5. The summed E-state index contributed by atoms with van der Waals surface area (Å²) in [4.78, 5) is 1.10. The second kappa shape index (κ2) is 9.01. The van der Waals surface area contributed by atoms with Gasteiger partial charge in [-0.15, -0.1) is 31.7 Å². The largest absolute Gasteiger partial charge is 0.420 e. The molecule has 1 saturated heterocycles. The number of benzene rings is 1. The standard InChI is InChI=1S/C20H18BrN5O2S2/c21-14-7-5-13(6-8-14)19-24-22-17(28-19)12-30-20-25-23-18(16-4-2-10-29-16)26(20)11-15-3-1-9-27-15/h2,4-8,10,15H,1,3,9,11-12H2/t15-/m0/s1. The van der Waals surface area contributed by atoms with Crippen molar-refractivity contribution >= 4 is 39.0 Å². The summed E-state index contributed by atoms with van der Waals surface area (Å²) in [6, 6.07) is 11.9. The van der Waals surface area contributed by atoms with Crippen molar-refractivity contribution in [3.05, 3.63) is 52.1 Å². The van der Waals surface area contributed by atoms with Crippen molar-refractivity contribution < 1.29 is 9.15 Å². The molecule has 30 heavy (non-hydrogen) atoms. The van der Waals surface area contributed by atoms with E-state index in [9.17, 15) is 0 Å². The zero-order chi connectivity index (χ0) is 20.3. The molecule has 0 amide bonds. The van der Waals surface area contributed by atoms with E-state index in [4.69, 9.17) is 9.15 Å². The van der Waals surface area contributed by atoms with Gasteiger partial charge in [-0.25, -0.2) is 0 Å². The summed E-state index contributed by atoms with van der Waals surface area (Å²) in [5.41, 5.74) is 0.892. The third-order valence-corrected chi connectivity index (χ3v) is 7.10. The van der Waals surface area contributed by atoms with Crippen LogP contribution in [0, 0.1) is 0 Å². The van der Waals surface area contributed by atoms with Crippen molar-refractivity contribution in [3.8, 4) is 22.2 Å². The number of aromatic nitrogens is 5. The Bertz CT molecular complexity index is 1100. The van der Waals surface area contributed by atoms with Crippen molar-refractivity contribution in [2.75, 3.05) is 6.61 Å². The highest BCUT2D eigenvalue weighted by molar-refractivity contribution is 9.10. The normalized spacial score (nSPS) is 16.4. The van der Waals surface area contributed by atoms with Gasteiger partial charge in [-0.05, 0) is 48.6 Å². The van der Waals surface area contributed by atoms with E-state index in [2.05, 4.69) is 52.3 Å². The fourth-order valence-electron chi connectivity index (χ4n) is 3.29. The van der Waals surface area contributed by atoms with Gasteiger partial charge in [0.1, 0.15) is 0 Å². The first kappa shape index (κ1) is 19.9. The molecule has 3 aromatic heterocycles. The van der Waals surface area contributed by atoms with Crippen LogP contribution in [0.15, 0.2) is 55.8 Å². The Morgan fingerprint density at radius 1 is 1.13 bits per heavy atom. The summed E-state index contributed by atoms with van der Waals surface area (Å²) >= 11 is 6.64. The molecule has 0 aliphatic carbocycles. The lowest BCUT2D eigenvalue weighted by Crippen LogP contribution is -2.16. The van der Waals surface area contributed by atoms with Gasteiger partial charge in [0.25, 0.3) is 0 Å². The number of hydrogen-bond donors (Lipinski definition) is 0. The summed E-state index contributed by atoms with van der Waals surface area (Å²) in [7, 11) is 0. The van der Waals surface area contributed by atoms with Crippen LogP contribution in [-0.4, -0.2) is 37.7 Å². The monoisotopic (exact) mass is 503 g/mol. The quantitative estimate of drug-likeness (QED) is 0.317. The molecular weight excluding hydrogens is 486 g/mol. The molecule has 1 atom stereocenters. The Kier molecular flexibility index (Phi) is 5.98. The van der Waals surface area contributed by atoms with Gasteiger partial charge in [0.05, 0.1) is 23.3 Å². The summed E-state index contributed by atoms with van der Waals surface area (Å²) in [5.74, 6) is 2.47. The van der Waals surface area contributed by atoms with Gasteiger partial charge < -0.3 is 9.15 Å². The van der Waals surface area contributed by atoms with Crippen LogP contribution in [0.1, 0.15) is 18.7 Å². The lowest BCUT2D eigenvalue weighted by atomic mass is 10.2. The Balaban J connectivity index is 1.34. The maximum atomic E-state index is 5.85. The van der Waals surface area contributed by atoms with E-state index in [0.29, 0.717) is 17.5 Å². The van der Waals surface area contributed by atoms with Gasteiger partial charge in [0.15, 0.2) is 11.0 Å². The number of ether oxygens (including phenoxy) is 1. The van der Waals surface area contributed by atoms with Crippen LogP contribution in [0.2, 0.25) is 0 Å². The molecule has 7 nitrogen and oxygen atoms in total. The molecule has 5 rings (SSSR count). The van der Waals surface area contributed by atoms with Gasteiger partial charge in [-0.3, -0.25) is 4.57 Å². The average molecular weight is 504 g/mol. The van der Waals surface area contributed by atoms with E-state index in [-0.39, 0.29) is 6.10 Å². The van der Waals surface area contributed by atoms with E-state index in [1.807, 2.05) is 30.3 Å². The Morgan fingerprint density at radius 2 is 2.03 bits per heavy atom. The topological polar surface area (TPSA) is 78.9 Å². The fraction of sp³-hybridized carbons (Fsp3) is 0.300. The van der Waals surface area contributed by atoms with Crippen molar-refractivity contribution in [3.63, 3.8) is 0 Å². The summed E-state index contributed by atoms with van der Waals surface area (Å²) in [6.45, 7) is 1.57. The number of thiophene rings is 1. The van der Waals surface area contributed by atoms with E-state index in [1.165, 1.54) is 0 Å².